The Morgan fingerprint density at radius 1 is 1.42 bits per heavy atom. The molecule has 0 saturated heterocycles. The number of alkyl halides is 3. The van der Waals surface area contributed by atoms with E-state index in [2.05, 4.69) is 10.6 Å². The highest BCUT2D eigenvalue weighted by Gasteiger charge is 2.28. The lowest BCUT2D eigenvalue weighted by Gasteiger charge is -2.12. The Bertz CT molecular complexity index is 440. The maximum Gasteiger partial charge on any atom is 0.441 e. The monoisotopic (exact) mass is 290 g/mol. The Labute approximate surface area is 112 Å². The van der Waals surface area contributed by atoms with Gasteiger partial charge in [-0.2, -0.15) is 13.2 Å². The Morgan fingerprint density at radius 2 is 2.16 bits per heavy atom. The minimum Gasteiger partial charge on any atom is -0.373 e. The molecule has 1 aliphatic rings. The van der Waals surface area contributed by atoms with Gasteiger partial charge in [-0.05, 0) is 23.4 Å². The van der Waals surface area contributed by atoms with Crippen LogP contribution in [-0.4, -0.2) is 29.8 Å². The summed E-state index contributed by atoms with van der Waals surface area (Å²) in [6.07, 6.45) is 0.564. The predicted molar refractivity (Wildman–Crippen MR) is 69.1 cm³/mol. The van der Waals surface area contributed by atoms with Crippen molar-refractivity contribution in [3.8, 4) is 0 Å². The molecule has 2 rings (SSSR count). The molecule has 0 saturated carbocycles. The highest BCUT2D eigenvalue weighted by Crippen LogP contribution is 2.29. The number of amides is 1. The summed E-state index contributed by atoms with van der Waals surface area (Å²) in [5.41, 5.74) is -2.29. The molecule has 0 aromatic heterocycles. The molecule has 1 amide bonds. The molecule has 19 heavy (non-hydrogen) atoms. The van der Waals surface area contributed by atoms with Crippen LogP contribution in [0.2, 0.25) is 0 Å². The molecule has 2 N–H and O–H groups in total. The molecule has 104 valence electrons. The molecule has 1 heterocycles. The number of anilines is 1. The Morgan fingerprint density at radius 3 is 2.84 bits per heavy atom. The zero-order chi connectivity index (χ0) is 13.9. The molecule has 1 aromatic carbocycles. The van der Waals surface area contributed by atoms with Crippen molar-refractivity contribution in [2.24, 2.45) is 0 Å². The third-order valence-electron chi connectivity index (χ3n) is 2.75. The Hall–Kier alpha value is -1.37. The standard InChI is InChI=1S/C12H13F3N2OS/c13-12(14,15)19-6-5-16-11(18)10-7-8-3-1-2-4-9(8)17-10/h1-4,10,17H,5-7H2,(H,16,18). The van der Waals surface area contributed by atoms with Gasteiger partial charge in [-0.1, -0.05) is 18.2 Å². The summed E-state index contributed by atoms with van der Waals surface area (Å²) >= 11 is -0.130. The van der Waals surface area contributed by atoms with Gasteiger partial charge < -0.3 is 10.6 Å². The topological polar surface area (TPSA) is 41.1 Å². The van der Waals surface area contributed by atoms with Crippen molar-refractivity contribution in [2.45, 2.75) is 18.0 Å². The van der Waals surface area contributed by atoms with Crippen LogP contribution in [0, 0.1) is 0 Å². The van der Waals surface area contributed by atoms with Crippen molar-refractivity contribution in [1.82, 2.24) is 5.32 Å². The van der Waals surface area contributed by atoms with E-state index < -0.39 is 11.6 Å². The van der Waals surface area contributed by atoms with E-state index in [1.807, 2.05) is 24.3 Å². The number of halogens is 3. The highest BCUT2D eigenvalue weighted by atomic mass is 32.2. The van der Waals surface area contributed by atoms with E-state index in [4.69, 9.17) is 0 Å². The van der Waals surface area contributed by atoms with Crippen molar-refractivity contribution in [3.63, 3.8) is 0 Å². The first-order chi connectivity index (χ1) is 8.96. The van der Waals surface area contributed by atoms with Crippen molar-refractivity contribution in [2.75, 3.05) is 17.6 Å². The smallest absolute Gasteiger partial charge is 0.373 e. The maximum atomic E-state index is 11.9. The lowest BCUT2D eigenvalue weighted by molar-refractivity contribution is -0.121. The minimum atomic E-state index is -4.24. The summed E-state index contributed by atoms with van der Waals surface area (Å²) in [5, 5.41) is 5.56. The first-order valence-electron chi connectivity index (χ1n) is 5.78. The number of benzene rings is 1. The number of hydrogen-bond acceptors (Lipinski definition) is 3. The summed E-state index contributed by atoms with van der Waals surface area (Å²) in [4.78, 5) is 11.8. The van der Waals surface area contributed by atoms with Gasteiger partial charge in [0.25, 0.3) is 0 Å². The summed E-state index contributed by atoms with van der Waals surface area (Å²) in [6, 6.07) is 7.16. The van der Waals surface area contributed by atoms with E-state index in [0.29, 0.717) is 6.42 Å². The molecule has 0 radical (unpaired) electrons. The summed E-state index contributed by atoms with van der Waals surface area (Å²) in [5.74, 6) is -0.437. The normalized spacial score (nSPS) is 17.7. The van der Waals surface area contributed by atoms with Crippen LogP contribution in [0.4, 0.5) is 18.9 Å². The van der Waals surface area contributed by atoms with Gasteiger partial charge >= 0.3 is 5.51 Å². The van der Waals surface area contributed by atoms with E-state index in [-0.39, 0.29) is 30.0 Å². The zero-order valence-corrected chi connectivity index (χ0v) is 10.8. The third kappa shape index (κ3) is 4.05. The molecular formula is C12H13F3N2OS. The predicted octanol–water partition coefficient (Wildman–Crippen LogP) is 2.39. The summed E-state index contributed by atoms with van der Waals surface area (Å²) in [6.45, 7) is 0.0114. The zero-order valence-electron chi connectivity index (χ0n) is 9.96. The van der Waals surface area contributed by atoms with Crippen LogP contribution in [0.5, 0.6) is 0 Å². The number of hydrogen-bond donors (Lipinski definition) is 2. The Kier molecular flexibility index (Phi) is 4.24. The largest absolute Gasteiger partial charge is 0.441 e. The summed E-state index contributed by atoms with van der Waals surface area (Å²) < 4.78 is 35.7. The molecule has 7 heteroatoms. The second-order valence-corrected chi connectivity index (χ2v) is 5.30. The fourth-order valence-corrected chi connectivity index (χ4v) is 2.36. The fourth-order valence-electron chi connectivity index (χ4n) is 1.92. The van der Waals surface area contributed by atoms with E-state index in [1.165, 1.54) is 0 Å². The number of rotatable bonds is 4. The second-order valence-electron chi connectivity index (χ2n) is 4.14. The number of carbonyl (C=O) groups is 1. The van der Waals surface area contributed by atoms with Gasteiger partial charge in [-0.15, -0.1) is 0 Å². The molecule has 1 unspecified atom stereocenters. The van der Waals surface area contributed by atoms with Crippen LogP contribution < -0.4 is 10.6 Å². The van der Waals surface area contributed by atoms with Crippen LogP contribution in [-0.2, 0) is 11.2 Å². The first kappa shape index (κ1) is 14.0. The number of thioether (sulfide) groups is 1. The van der Waals surface area contributed by atoms with Gasteiger partial charge in [0.05, 0.1) is 0 Å². The second kappa shape index (κ2) is 5.73. The average molecular weight is 290 g/mol. The van der Waals surface area contributed by atoms with Gasteiger partial charge in [0.2, 0.25) is 5.91 Å². The molecule has 0 aliphatic carbocycles. The number of fused-ring (bicyclic) bond motifs is 1. The van der Waals surface area contributed by atoms with Crippen LogP contribution in [0.3, 0.4) is 0 Å². The molecule has 0 fully saturated rings. The molecule has 1 aliphatic heterocycles. The molecular weight excluding hydrogens is 277 g/mol. The fraction of sp³-hybridized carbons (Fsp3) is 0.417. The minimum absolute atomic E-state index is 0.0114. The highest BCUT2D eigenvalue weighted by molar-refractivity contribution is 8.00. The molecule has 3 nitrogen and oxygen atoms in total. The molecule has 1 aromatic rings. The van der Waals surface area contributed by atoms with Crippen molar-refractivity contribution >= 4 is 23.4 Å². The molecule has 0 spiro atoms. The Balaban J connectivity index is 1.74. The van der Waals surface area contributed by atoms with Gasteiger partial charge in [-0.25, -0.2) is 0 Å². The van der Waals surface area contributed by atoms with E-state index >= 15 is 0 Å². The van der Waals surface area contributed by atoms with Gasteiger partial charge in [-0.3, -0.25) is 4.79 Å². The van der Waals surface area contributed by atoms with Crippen LogP contribution >= 0.6 is 11.8 Å². The molecule has 0 bridgehead atoms. The average Bonchev–Trinajstić information content (AvgIpc) is 2.77. The lowest BCUT2D eigenvalue weighted by Crippen LogP contribution is -2.39. The van der Waals surface area contributed by atoms with Gasteiger partial charge in [0, 0.05) is 24.4 Å². The van der Waals surface area contributed by atoms with Gasteiger partial charge in [0.15, 0.2) is 0 Å². The number of carbonyl (C=O) groups excluding carboxylic acids is 1. The maximum absolute atomic E-state index is 11.9. The van der Waals surface area contributed by atoms with Crippen LogP contribution in [0.25, 0.3) is 0 Å². The summed E-state index contributed by atoms with van der Waals surface area (Å²) in [7, 11) is 0. The first-order valence-corrected chi connectivity index (χ1v) is 6.77. The van der Waals surface area contributed by atoms with E-state index in [0.717, 1.165) is 11.3 Å². The lowest BCUT2D eigenvalue weighted by atomic mass is 10.1. The van der Waals surface area contributed by atoms with E-state index in [1.54, 1.807) is 0 Å². The van der Waals surface area contributed by atoms with Gasteiger partial charge in [0.1, 0.15) is 6.04 Å². The van der Waals surface area contributed by atoms with Crippen molar-refractivity contribution < 1.29 is 18.0 Å². The van der Waals surface area contributed by atoms with Crippen molar-refractivity contribution in [1.29, 1.82) is 0 Å². The quantitative estimate of drug-likeness (QED) is 0.837. The number of para-hydroxylation sites is 1. The van der Waals surface area contributed by atoms with Crippen LogP contribution in [0.1, 0.15) is 5.56 Å². The van der Waals surface area contributed by atoms with E-state index in [9.17, 15) is 18.0 Å². The molecule has 1 atom stereocenters. The SMILES string of the molecule is O=C(NCCSC(F)(F)F)C1Cc2ccccc2N1. The van der Waals surface area contributed by atoms with Crippen LogP contribution in [0.15, 0.2) is 24.3 Å². The van der Waals surface area contributed by atoms with Crippen molar-refractivity contribution in [3.05, 3.63) is 29.8 Å². The third-order valence-corrected chi connectivity index (χ3v) is 3.49. The number of nitrogens with one attached hydrogen (secondary N) is 2.